The van der Waals surface area contributed by atoms with Crippen molar-refractivity contribution in [2.45, 2.75) is 23.8 Å². The normalized spacial score (nSPS) is 18.6. The zero-order chi connectivity index (χ0) is 13.9. The fraction of sp³-hybridized carbons (Fsp3) is 0.294. The Morgan fingerprint density at radius 3 is 2.95 bits per heavy atom. The summed E-state index contributed by atoms with van der Waals surface area (Å²) in [6.45, 7) is 2.45. The lowest BCUT2D eigenvalue weighted by Gasteiger charge is -2.14. The third kappa shape index (κ3) is 2.84. The van der Waals surface area contributed by atoms with Gasteiger partial charge in [-0.05, 0) is 36.2 Å². The Morgan fingerprint density at radius 2 is 2.10 bits per heavy atom. The van der Waals surface area contributed by atoms with Crippen molar-refractivity contribution in [1.82, 2.24) is 0 Å². The summed E-state index contributed by atoms with van der Waals surface area (Å²) in [5, 5.41) is 9.60. The molecule has 104 valence electrons. The Bertz CT molecular complexity index is 595. The van der Waals surface area contributed by atoms with Crippen LogP contribution in [0.3, 0.4) is 0 Å². The van der Waals surface area contributed by atoms with Crippen LogP contribution in [0.4, 0.5) is 0 Å². The van der Waals surface area contributed by atoms with Gasteiger partial charge in [-0.1, -0.05) is 30.3 Å². The molecule has 0 fully saturated rings. The summed E-state index contributed by atoms with van der Waals surface area (Å²) in [6.07, 6.45) is -0.457. The van der Waals surface area contributed by atoms with Gasteiger partial charge >= 0.3 is 0 Å². The number of thioether (sulfide) groups is 1. The molecule has 3 rings (SSSR count). The van der Waals surface area contributed by atoms with Gasteiger partial charge in [0.1, 0.15) is 5.75 Å². The molecule has 2 unspecified atom stereocenters. The molecular formula is C17H18O2S. The van der Waals surface area contributed by atoms with Gasteiger partial charge in [-0.3, -0.25) is 0 Å². The molecule has 1 heterocycles. The van der Waals surface area contributed by atoms with E-state index in [1.807, 2.05) is 36.0 Å². The van der Waals surface area contributed by atoms with E-state index in [0.717, 1.165) is 17.1 Å². The molecule has 3 heteroatoms. The molecule has 0 aliphatic carbocycles. The van der Waals surface area contributed by atoms with Crippen LogP contribution in [-0.2, 0) is 0 Å². The van der Waals surface area contributed by atoms with Gasteiger partial charge in [0.05, 0.1) is 12.7 Å². The molecule has 2 nitrogen and oxygen atoms in total. The second-order valence-electron chi connectivity index (χ2n) is 5.11. The number of hydrogen-bond donors (Lipinski definition) is 1. The van der Waals surface area contributed by atoms with Crippen LogP contribution in [0.15, 0.2) is 53.4 Å². The monoisotopic (exact) mass is 286 g/mol. The molecule has 20 heavy (non-hydrogen) atoms. The largest absolute Gasteiger partial charge is 0.493 e. The Balaban J connectivity index is 1.67. The van der Waals surface area contributed by atoms with Crippen LogP contribution in [0.5, 0.6) is 5.75 Å². The Morgan fingerprint density at radius 1 is 1.25 bits per heavy atom. The molecule has 0 saturated heterocycles. The maximum Gasteiger partial charge on any atom is 0.119 e. The van der Waals surface area contributed by atoms with Crippen LogP contribution in [-0.4, -0.2) is 17.5 Å². The predicted octanol–water partition coefficient (Wildman–Crippen LogP) is 4.01. The van der Waals surface area contributed by atoms with E-state index in [-0.39, 0.29) is 0 Å². The summed E-state index contributed by atoms with van der Waals surface area (Å²) in [7, 11) is 0. The molecule has 2 aromatic rings. The molecule has 1 aliphatic rings. The van der Waals surface area contributed by atoms with Gasteiger partial charge in [0.25, 0.3) is 0 Å². The average Bonchev–Trinajstić information content (AvgIpc) is 2.89. The number of rotatable bonds is 4. The molecule has 2 aromatic carbocycles. The van der Waals surface area contributed by atoms with Gasteiger partial charge in [0, 0.05) is 16.6 Å². The van der Waals surface area contributed by atoms with Crippen LogP contribution in [0.25, 0.3) is 0 Å². The number of benzene rings is 2. The first-order chi connectivity index (χ1) is 9.74. The Hall–Kier alpha value is -1.45. The summed E-state index contributed by atoms with van der Waals surface area (Å²) >= 11 is 1.90. The summed E-state index contributed by atoms with van der Waals surface area (Å²) in [6, 6.07) is 16.2. The number of aliphatic hydroxyl groups excluding tert-OH is 1. The highest BCUT2D eigenvalue weighted by atomic mass is 32.2. The van der Waals surface area contributed by atoms with E-state index in [1.54, 1.807) is 6.92 Å². The SMILES string of the molecule is CC(O)c1cccc(OCC2CSc3ccccc32)c1. The zero-order valence-corrected chi connectivity index (χ0v) is 12.3. The zero-order valence-electron chi connectivity index (χ0n) is 11.5. The van der Waals surface area contributed by atoms with Crippen LogP contribution >= 0.6 is 11.8 Å². The lowest BCUT2D eigenvalue weighted by molar-refractivity contribution is 0.198. The quantitative estimate of drug-likeness (QED) is 0.921. The highest BCUT2D eigenvalue weighted by Gasteiger charge is 2.23. The minimum Gasteiger partial charge on any atom is -0.493 e. The fourth-order valence-corrected chi connectivity index (χ4v) is 3.66. The summed E-state index contributed by atoms with van der Waals surface area (Å²) in [4.78, 5) is 1.37. The van der Waals surface area contributed by atoms with Gasteiger partial charge in [-0.15, -0.1) is 11.8 Å². The van der Waals surface area contributed by atoms with Crippen molar-refractivity contribution in [3.8, 4) is 5.75 Å². The van der Waals surface area contributed by atoms with Crippen LogP contribution in [0.1, 0.15) is 30.1 Å². The molecule has 0 amide bonds. The molecule has 1 N–H and O–H groups in total. The molecule has 0 spiro atoms. The maximum atomic E-state index is 9.60. The van der Waals surface area contributed by atoms with E-state index in [4.69, 9.17) is 4.74 Å². The lowest BCUT2D eigenvalue weighted by Crippen LogP contribution is -2.09. The summed E-state index contributed by atoms with van der Waals surface area (Å²) in [5.74, 6) is 2.36. The van der Waals surface area contributed by atoms with E-state index in [1.165, 1.54) is 10.5 Å². The number of fused-ring (bicyclic) bond motifs is 1. The minimum absolute atomic E-state index is 0.450. The number of hydrogen-bond acceptors (Lipinski definition) is 3. The molecule has 0 radical (unpaired) electrons. The highest BCUT2D eigenvalue weighted by Crippen LogP contribution is 2.39. The van der Waals surface area contributed by atoms with E-state index in [2.05, 4.69) is 24.3 Å². The van der Waals surface area contributed by atoms with Gasteiger partial charge < -0.3 is 9.84 Å². The second-order valence-corrected chi connectivity index (χ2v) is 6.17. The highest BCUT2D eigenvalue weighted by molar-refractivity contribution is 7.99. The first-order valence-corrected chi connectivity index (χ1v) is 7.85. The summed E-state index contributed by atoms with van der Waals surface area (Å²) < 4.78 is 5.91. The topological polar surface area (TPSA) is 29.5 Å². The second kappa shape index (κ2) is 5.90. The van der Waals surface area contributed by atoms with Crippen LogP contribution in [0, 0.1) is 0 Å². The smallest absolute Gasteiger partial charge is 0.119 e. The third-order valence-corrected chi connectivity index (χ3v) is 4.84. The number of ether oxygens (including phenoxy) is 1. The number of aliphatic hydroxyl groups is 1. The van der Waals surface area contributed by atoms with E-state index < -0.39 is 6.10 Å². The van der Waals surface area contributed by atoms with Crippen LogP contribution < -0.4 is 4.74 Å². The van der Waals surface area contributed by atoms with Crippen LogP contribution in [0.2, 0.25) is 0 Å². The first-order valence-electron chi connectivity index (χ1n) is 6.86. The van der Waals surface area contributed by atoms with Gasteiger partial charge in [-0.25, -0.2) is 0 Å². The van der Waals surface area contributed by atoms with E-state index >= 15 is 0 Å². The van der Waals surface area contributed by atoms with Gasteiger partial charge in [0.15, 0.2) is 0 Å². The molecule has 0 aromatic heterocycles. The molecule has 1 aliphatic heterocycles. The van der Waals surface area contributed by atoms with Crippen molar-refractivity contribution in [2.75, 3.05) is 12.4 Å². The van der Waals surface area contributed by atoms with E-state index in [0.29, 0.717) is 12.5 Å². The van der Waals surface area contributed by atoms with Gasteiger partial charge in [-0.2, -0.15) is 0 Å². The average molecular weight is 286 g/mol. The first kappa shape index (κ1) is 13.5. The molecular weight excluding hydrogens is 268 g/mol. The van der Waals surface area contributed by atoms with Crippen molar-refractivity contribution < 1.29 is 9.84 Å². The van der Waals surface area contributed by atoms with Crippen molar-refractivity contribution in [1.29, 1.82) is 0 Å². The molecule has 2 atom stereocenters. The predicted molar refractivity (Wildman–Crippen MR) is 82.5 cm³/mol. The fourth-order valence-electron chi connectivity index (χ4n) is 2.43. The maximum absolute atomic E-state index is 9.60. The standard InChI is InChI=1S/C17H18O2S/c1-12(18)13-5-4-6-15(9-13)19-10-14-11-20-17-8-3-2-7-16(14)17/h2-9,12,14,18H,10-11H2,1H3. The Labute approximate surface area is 123 Å². The minimum atomic E-state index is -0.457. The van der Waals surface area contributed by atoms with Crippen molar-refractivity contribution >= 4 is 11.8 Å². The molecule has 0 saturated carbocycles. The van der Waals surface area contributed by atoms with Gasteiger partial charge in [0.2, 0.25) is 0 Å². The van der Waals surface area contributed by atoms with Crippen molar-refractivity contribution in [3.05, 3.63) is 59.7 Å². The molecule has 0 bridgehead atoms. The third-order valence-electron chi connectivity index (χ3n) is 3.59. The van der Waals surface area contributed by atoms with E-state index in [9.17, 15) is 5.11 Å². The van der Waals surface area contributed by atoms with Crippen molar-refractivity contribution in [3.63, 3.8) is 0 Å². The van der Waals surface area contributed by atoms with Crippen molar-refractivity contribution in [2.24, 2.45) is 0 Å². The lowest BCUT2D eigenvalue weighted by atomic mass is 10.0. The Kier molecular flexibility index (Phi) is 3.99. The summed E-state index contributed by atoms with van der Waals surface area (Å²) in [5.41, 5.74) is 2.29.